The third kappa shape index (κ3) is 3.10. The summed E-state index contributed by atoms with van der Waals surface area (Å²) in [4.78, 5) is 4.12. The van der Waals surface area contributed by atoms with Crippen LogP contribution in [0.3, 0.4) is 0 Å². The second-order valence-corrected chi connectivity index (χ2v) is 5.37. The Morgan fingerprint density at radius 2 is 2.24 bits per heavy atom. The monoisotopic (exact) mass is 283 g/mol. The van der Waals surface area contributed by atoms with E-state index in [9.17, 15) is 0 Å². The highest BCUT2D eigenvalue weighted by molar-refractivity contribution is 7.15. The number of nitrogens with one attached hydrogen (secondary N) is 1. The van der Waals surface area contributed by atoms with Crippen molar-refractivity contribution in [2.75, 3.05) is 5.32 Å². The number of nitrogens with zero attached hydrogens (tertiary/aromatic N) is 2. The predicted octanol–water partition coefficient (Wildman–Crippen LogP) is 3.93. The molecule has 0 amide bonds. The molecule has 1 aromatic heterocycles. The zero-order valence-corrected chi connectivity index (χ0v) is 10.9. The van der Waals surface area contributed by atoms with Crippen LogP contribution in [0.15, 0.2) is 24.4 Å². The standard InChI is InChI=1S/C11H7Cl2N3S/c12-9-2-1-8(3-7(9)4-14)15-6-11-16-5-10(13)17-11/h1-3,5,15H,6H2. The van der Waals surface area contributed by atoms with Crippen molar-refractivity contribution in [3.05, 3.63) is 44.3 Å². The van der Waals surface area contributed by atoms with E-state index in [0.29, 0.717) is 21.5 Å². The lowest BCUT2D eigenvalue weighted by molar-refractivity contribution is 1.10. The number of hydrogen-bond donors (Lipinski definition) is 1. The summed E-state index contributed by atoms with van der Waals surface area (Å²) in [5, 5.41) is 13.3. The Bertz CT molecular complexity index is 574. The molecule has 0 aliphatic carbocycles. The van der Waals surface area contributed by atoms with Crippen molar-refractivity contribution in [3.63, 3.8) is 0 Å². The summed E-state index contributed by atoms with van der Waals surface area (Å²) in [5.41, 5.74) is 1.28. The third-order valence-electron chi connectivity index (χ3n) is 2.06. The Morgan fingerprint density at radius 1 is 1.41 bits per heavy atom. The molecule has 86 valence electrons. The highest BCUT2D eigenvalue weighted by Gasteiger charge is 2.03. The summed E-state index contributed by atoms with van der Waals surface area (Å²) in [5.74, 6) is 0. The molecule has 2 aromatic rings. The van der Waals surface area contributed by atoms with Crippen molar-refractivity contribution in [3.8, 4) is 6.07 Å². The Kier molecular flexibility index (Phi) is 3.85. The lowest BCUT2D eigenvalue weighted by atomic mass is 10.2. The molecule has 0 saturated carbocycles. The van der Waals surface area contributed by atoms with Crippen LogP contribution in [0.2, 0.25) is 9.36 Å². The zero-order valence-electron chi connectivity index (χ0n) is 8.58. The summed E-state index contributed by atoms with van der Waals surface area (Å²) in [6.45, 7) is 0.573. The zero-order chi connectivity index (χ0) is 12.3. The highest BCUT2D eigenvalue weighted by Crippen LogP contribution is 2.22. The molecule has 0 saturated heterocycles. The molecule has 0 unspecified atom stereocenters. The van der Waals surface area contributed by atoms with Gasteiger partial charge in [-0.3, -0.25) is 0 Å². The van der Waals surface area contributed by atoms with Gasteiger partial charge in [0, 0.05) is 5.69 Å². The van der Waals surface area contributed by atoms with Gasteiger partial charge in [0.2, 0.25) is 0 Å². The number of benzene rings is 1. The molecule has 0 fully saturated rings. The van der Waals surface area contributed by atoms with Gasteiger partial charge in [-0.25, -0.2) is 4.98 Å². The lowest BCUT2D eigenvalue weighted by Gasteiger charge is -2.05. The number of hydrogen-bond acceptors (Lipinski definition) is 4. The Hall–Kier alpha value is -1.28. The van der Waals surface area contributed by atoms with Crippen LogP contribution in [0.4, 0.5) is 5.69 Å². The first-order chi connectivity index (χ1) is 8.19. The minimum absolute atomic E-state index is 0.453. The van der Waals surface area contributed by atoms with E-state index in [4.69, 9.17) is 28.5 Å². The summed E-state index contributed by atoms with van der Waals surface area (Å²) in [6.07, 6.45) is 1.62. The maximum absolute atomic E-state index is 8.84. The van der Waals surface area contributed by atoms with Crippen LogP contribution in [-0.4, -0.2) is 4.98 Å². The molecule has 0 atom stereocenters. The van der Waals surface area contributed by atoms with E-state index in [1.807, 2.05) is 12.1 Å². The van der Waals surface area contributed by atoms with Crippen molar-refractivity contribution in [1.82, 2.24) is 4.98 Å². The van der Waals surface area contributed by atoms with Gasteiger partial charge in [0.15, 0.2) is 0 Å². The van der Waals surface area contributed by atoms with E-state index in [2.05, 4.69) is 10.3 Å². The first-order valence-electron chi connectivity index (χ1n) is 4.73. The minimum Gasteiger partial charge on any atom is -0.378 e. The number of anilines is 1. The van der Waals surface area contributed by atoms with Crippen molar-refractivity contribution >= 4 is 40.2 Å². The number of thiazole rings is 1. The molecule has 3 nitrogen and oxygen atoms in total. The molecule has 17 heavy (non-hydrogen) atoms. The first-order valence-corrected chi connectivity index (χ1v) is 6.30. The number of nitriles is 1. The molecular weight excluding hydrogens is 277 g/mol. The number of aromatic nitrogens is 1. The second-order valence-electron chi connectivity index (χ2n) is 3.22. The molecule has 6 heteroatoms. The minimum atomic E-state index is 0.453. The van der Waals surface area contributed by atoms with Gasteiger partial charge in [-0.2, -0.15) is 5.26 Å². The maximum Gasteiger partial charge on any atom is 0.113 e. The van der Waals surface area contributed by atoms with Crippen molar-refractivity contribution in [2.45, 2.75) is 6.54 Å². The molecule has 0 aliphatic rings. The van der Waals surface area contributed by atoms with Crippen LogP contribution in [-0.2, 0) is 6.54 Å². The van der Waals surface area contributed by atoms with Crippen LogP contribution in [0, 0.1) is 11.3 Å². The smallest absolute Gasteiger partial charge is 0.113 e. The highest BCUT2D eigenvalue weighted by atomic mass is 35.5. The van der Waals surface area contributed by atoms with E-state index in [0.717, 1.165) is 10.7 Å². The van der Waals surface area contributed by atoms with Crippen molar-refractivity contribution in [2.24, 2.45) is 0 Å². The normalized spacial score (nSPS) is 9.94. The van der Waals surface area contributed by atoms with Crippen LogP contribution < -0.4 is 5.32 Å². The van der Waals surface area contributed by atoms with Gasteiger partial charge in [0.25, 0.3) is 0 Å². The van der Waals surface area contributed by atoms with Gasteiger partial charge >= 0.3 is 0 Å². The van der Waals surface area contributed by atoms with E-state index in [1.54, 1.807) is 18.3 Å². The molecule has 1 heterocycles. The fraction of sp³-hybridized carbons (Fsp3) is 0.0909. The Balaban J connectivity index is 2.07. The molecule has 0 bridgehead atoms. The Morgan fingerprint density at radius 3 is 2.88 bits per heavy atom. The topological polar surface area (TPSA) is 48.7 Å². The SMILES string of the molecule is N#Cc1cc(NCc2ncc(Cl)s2)ccc1Cl. The van der Waals surface area contributed by atoms with Gasteiger partial charge < -0.3 is 5.32 Å². The largest absolute Gasteiger partial charge is 0.378 e. The fourth-order valence-electron chi connectivity index (χ4n) is 1.27. The second kappa shape index (κ2) is 5.37. The first kappa shape index (κ1) is 12.2. The number of halogens is 2. The summed E-state index contributed by atoms with van der Waals surface area (Å²) >= 11 is 13.0. The van der Waals surface area contributed by atoms with E-state index in [-0.39, 0.29) is 0 Å². The Labute approximate surface area is 113 Å². The predicted molar refractivity (Wildman–Crippen MR) is 70.6 cm³/mol. The molecule has 1 aromatic carbocycles. The van der Waals surface area contributed by atoms with Gasteiger partial charge in [-0.1, -0.05) is 23.2 Å². The summed E-state index contributed by atoms with van der Waals surface area (Å²) in [7, 11) is 0. The van der Waals surface area contributed by atoms with E-state index < -0.39 is 0 Å². The fourth-order valence-corrected chi connectivity index (χ4v) is 2.32. The average Bonchev–Trinajstić information content (AvgIpc) is 2.74. The maximum atomic E-state index is 8.84. The van der Waals surface area contributed by atoms with Crippen LogP contribution in [0.25, 0.3) is 0 Å². The molecular formula is C11H7Cl2N3S. The molecule has 0 radical (unpaired) electrons. The van der Waals surface area contributed by atoms with Gasteiger partial charge in [-0.05, 0) is 18.2 Å². The van der Waals surface area contributed by atoms with Gasteiger partial charge in [0.1, 0.15) is 15.4 Å². The van der Waals surface area contributed by atoms with Crippen LogP contribution in [0.5, 0.6) is 0 Å². The van der Waals surface area contributed by atoms with Crippen molar-refractivity contribution in [1.29, 1.82) is 5.26 Å². The summed E-state index contributed by atoms with van der Waals surface area (Å²) < 4.78 is 0.663. The molecule has 0 aliphatic heterocycles. The van der Waals surface area contributed by atoms with E-state index in [1.165, 1.54) is 11.3 Å². The molecule has 0 spiro atoms. The lowest BCUT2D eigenvalue weighted by Crippen LogP contribution is -1.98. The van der Waals surface area contributed by atoms with Crippen LogP contribution >= 0.6 is 34.5 Å². The van der Waals surface area contributed by atoms with Gasteiger partial charge in [0.05, 0.1) is 23.3 Å². The summed E-state index contributed by atoms with van der Waals surface area (Å²) in [6, 6.07) is 7.25. The molecule has 1 N–H and O–H groups in total. The quantitative estimate of drug-likeness (QED) is 0.928. The average molecular weight is 284 g/mol. The molecule has 2 rings (SSSR count). The van der Waals surface area contributed by atoms with Crippen molar-refractivity contribution < 1.29 is 0 Å². The third-order valence-corrected chi connectivity index (χ3v) is 3.50. The van der Waals surface area contributed by atoms with Crippen LogP contribution in [0.1, 0.15) is 10.6 Å². The number of rotatable bonds is 3. The van der Waals surface area contributed by atoms with Gasteiger partial charge in [-0.15, -0.1) is 11.3 Å². The van der Waals surface area contributed by atoms with E-state index >= 15 is 0 Å².